The molecule has 1 aromatic rings. The summed E-state index contributed by atoms with van der Waals surface area (Å²) in [7, 11) is 1.84. The SMILES string of the molecule is CNc1ncc(Br)c(SC2CCCC2)n1. The Bertz CT molecular complexity index is 339. The topological polar surface area (TPSA) is 37.8 Å². The molecule has 0 spiro atoms. The van der Waals surface area contributed by atoms with E-state index in [0.29, 0.717) is 5.95 Å². The van der Waals surface area contributed by atoms with Crippen molar-refractivity contribution in [2.45, 2.75) is 36.0 Å². The van der Waals surface area contributed by atoms with Gasteiger partial charge in [-0.3, -0.25) is 0 Å². The zero-order valence-corrected chi connectivity index (χ0v) is 11.1. The van der Waals surface area contributed by atoms with Crippen LogP contribution in [0.3, 0.4) is 0 Å². The van der Waals surface area contributed by atoms with E-state index in [2.05, 4.69) is 31.2 Å². The minimum absolute atomic E-state index is 0.693. The van der Waals surface area contributed by atoms with Crippen LogP contribution in [-0.4, -0.2) is 22.3 Å². The van der Waals surface area contributed by atoms with Crippen molar-refractivity contribution in [3.8, 4) is 0 Å². The first-order valence-corrected chi connectivity index (χ1v) is 6.84. The van der Waals surface area contributed by atoms with Crippen molar-refractivity contribution in [3.63, 3.8) is 0 Å². The molecule has 82 valence electrons. The Morgan fingerprint density at radius 2 is 2.20 bits per heavy atom. The molecule has 1 saturated carbocycles. The molecule has 0 amide bonds. The first kappa shape index (κ1) is 11.2. The number of hydrogen-bond donors (Lipinski definition) is 1. The second kappa shape index (κ2) is 5.16. The Morgan fingerprint density at radius 3 is 2.87 bits per heavy atom. The first-order chi connectivity index (χ1) is 7.29. The number of nitrogens with one attached hydrogen (secondary N) is 1. The van der Waals surface area contributed by atoms with Crippen molar-refractivity contribution < 1.29 is 0 Å². The molecular weight excluding hydrogens is 274 g/mol. The number of hydrogen-bond acceptors (Lipinski definition) is 4. The van der Waals surface area contributed by atoms with Gasteiger partial charge in [-0.15, -0.1) is 11.8 Å². The number of rotatable bonds is 3. The van der Waals surface area contributed by atoms with Gasteiger partial charge >= 0.3 is 0 Å². The third-order valence-electron chi connectivity index (χ3n) is 2.52. The summed E-state index contributed by atoms with van der Waals surface area (Å²) in [5, 5.41) is 4.76. The molecule has 2 rings (SSSR count). The lowest BCUT2D eigenvalue weighted by Gasteiger charge is -2.09. The maximum absolute atomic E-state index is 4.45. The Labute approximate surface area is 103 Å². The van der Waals surface area contributed by atoms with Gasteiger partial charge in [-0.2, -0.15) is 0 Å². The van der Waals surface area contributed by atoms with Crippen molar-refractivity contribution in [1.82, 2.24) is 9.97 Å². The minimum Gasteiger partial charge on any atom is -0.357 e. The minimum atomic E-state index is 0.693. The van der Waals surface area contributed by atoms with Gasteiger partial charge in [-0.1, -0.05) is 12.8 Å². The number of halogens is 1. The van der Waals surface area contributed by atoms with Gasteiger partial charge in [0, 0.05) is 18.5 Å². The Hall–Kier alpha value is -0.290. The predicted molar refractivity (Wildman–Crippen MR) is 67.4 cm³/mol. The summed E-state index contributed by atoms with van der Waals surface area (Å²) in [5.74, 6) is 0.693. The van der Waals surface area contributed by atoms with Crippen molar-refractivity contribution in [2.75, 3.05) is 12.4 Å². The molecule has 5 heteroatoms. The monoisotopic (exact) mass is 287 g/mol. The second-order valence-corrected chi connectivity index (χ2v) is 5.76. The van der Waals surface area contributed by atoms with Gasteiger partial charge in [0.15, 0.2) is 0 Å². The summed E-state index contributed by atoms with van der Waals surface area (Å²) in [6.07, 6.45) is 7.17. The van der Waals surface area contributed by atoms with Gasteiger partial charge < -0.3 is 5.32 Å². The van der Waals surface area contributed by atoms with Gasteiger partial charge in [0.2, 0.25) is 5.95 Å². The van der Waals surface area contributed by atoms with Gasteiger partial charge in [-0.25, -0.2) is 9.97 Å². The quantitative estimate of drug-likeness (QED) is 0.866. The highest BCUT2D eigenvalue weighted by Crippen LogP contribution is 2.36. The molecule has 0 bridgehead atoms. The third-order valence-corrected chi connectivity index (χ3v) is 4.70. The van der Waals surface area contributed by atoms with Crippen molar-refractivity contribution in [1.29, 1.82) is 0 Å². The molecule has 1 N–H and O–H groups in total. The van der Waals surface area contributed by atoms with Crippen LogP contribution in [0.1, 0.15) is 25.7 Å². The third kappa shape index (κ3) is 2.84. The Balaban J connectivity index is 2.11. The molecular formula is C10H14BrN3S. The van der Waals surface area contributed by atoms with Crippen LogP contribution in [0.5, 0.6) is 0 Å². The van der Waals surface area contributed by atoms with E-state index < -0.39 is 0 Å². The Morgan fingerprint density at radius 1 is 1.47 bits per heavy atom. The number of thioether (sulfide) groups is 1. The van der Waals surface area contributed by atoms with E-state index in [9.17, 15) is 0 Å². The lowest BCUT2D eigenvalue weighted by molar-refractivity contribution is 0.886. The number of nitrogens with zero attached hydrogens (tertiary/aromatic N) is 2. The molecule has 0 unspecified atom stereocenters. The molecule has 1 aliphatic rings. The summed E-state index contributed by atoms with van der Waals surface area (Å²) in [6, 6.07) is 0. The number of aromatic nitrogens is 2. The molecule has 1 aromatic heterocycles. The molecule has 15 heavy (non-hydrogen) atoms. The molecule has 0 atom stereocenters. The predicted octanol–water partition coefficient (Wildman–Crippen LogP) is 3.32. The van der Waals surface area contributed by atoms with Gasteiger partial charge in [-0.05, 0) is 28.8 Å². The zero-order valence-electron chi connectivity index (χ0n) is 8.66. The maximum Gasteiger partial charge on any atom is 0.223 e. The zero-order chi connectivity index (χ0) is 10.7. The van der Waals surface area contributed by atoms with Crippen LogP contribution in [0.15, 0.2) is 15.7 Å². The van der Waals surface area contributed by atoms with Crippen molar-refractivity contribution in [3.05, 3.63) is 10.7 Å². The van der Waals surface area contributed by atoms with Crippen LogP contribution in [0.2, 0.25) is 0 Å². The highest BCUT2D eigenvalue weighted by molar-refractivity contribution is 9.10. The lowest BCUT2D eigenvalue weighted by atomic mass is 10.4. The van der Waals surface area contributed by atoms with E-state index >= 15 is 0 Å². The van der Waals surface area contributed by atoms with E-state index in [0.717, 1.165) is 14.7 Å². The van der Waals surface area contributed by atoms with Crippen LogP contribution < -0.4 is 5.32 Å². The lowest BCUT2D eigenvalue weighted by Crippen LogP contribution is -2.00. The van der Waals surface area contributed by atoms with Crippen LogP contribution in [0.25, 0.3) is 0 Å². The highest BCUT2D eigenvalue weighted by Gasteiger charge is 2.18. The smallest absolute Gasteiger partial charge is 0.223 e. The van der Waals surface area contributed by atoms with E-state index in [1.54, 1.807) is 0 Å². The average Bonchev–Trinajstić information content (AvgIpc) is 2.74. The van der Waals surface area contributed by atoms with Crippen LogP contribution >= 0.6 is 27.7 Å². The average molecular weight is 288 g/mol. The van der Waals surface area contributed by atoms with Crippen LogP contribution in [-0.2, 0) is 0 Å². The molecule has 0 aromatic carbocycles. The second-order valence-electron chi connectivity index (χ2n) is 3.62. The maximum atomic E-state index is 4.45. The van der Waals surface area contributed by atoms with Crippen molar-refractivity contribution >= 4 is 33.6 Å². The molecule has 0 aliphatic heterocycles. The first-order valence-electron chi connectivity index (χ1n) is 5.16. The normalized spacial score (nSPS) is 16.9. The fourth-order valence-corrected chi connectivity index (χ4v) is 3.38. The molecule has 1 aliphatic carbocycles. The van der Waals surface area contributed by atoms with Crippen molar-refractivity contribution in [2.24, 2.45) is 0 Å². The summed E-state index contributed by atoms with van der Waals surface area (Å²) in [6.45, 7) is 0. The number of anilines is 1. The Kier molecular flexibility index (Phi) is 3.86. The van der Waals surface area contributed by atoms with E-state index in [4.69, 9.17) is 0 Å². The van der Waals surface area contributed by atoms with Gasteiger partial charge in [0.25, 0.3) is 0 Å². The highest BCUT2D eigenvalue weighted by atomic mass is 79.9. The fraction of sp³-hybridized carbons (Fsp3) is 0.600. The van der Waals surface area contributed by atoms with Crippen LogP contribution in [0, 0.1) is 0 Å². The molecule has 3 nitrogen and oxygen atoms in total. The molecule has 0 saturated heterocycles. The van der Waals surface area contributed by atoms with Crippen LogP contribution in [0.4, 0.5) is 5.95 Å². The van der Waals surface area contributed by atoms with E-state index in [-0.39, 0.29) is 0 Å². The van der Waals surface area contributed by atoms with E-state index in [1.807, 2.05) is 25.0 Å². The molecule has 0 radical (unpaired) electrons. The fourth-order valence-electron chi connectivity index (χ4n) is 1.72. The molecule has 1 fully saturated rings. The van der Waals surface area contributed by atoms with Gasteiger partial charge in [0.05, 0.1) is 4.47 Å². The summed E-state index contributed by atoms with van der Waals surface area (Å²) in [4.78, 5) is 8.60. The summed E-state index contributed by atoms with van der Waals surface area (Å²) in [5.41, 5.74) is 0. The van der Waals surface area contributed by atoms with Gasteiger partial charge in [0.1, 0.15) is 5.03 Å². The standard InChI is InChI=1S/C10H14BrN3S/c1-12-10-13-6-8(11)9(14-10)15-7-4-2-3-5-7/h6-7H,2-5H2,1H3,(H,12,13,14). The molecule has 1 heterocycles. The summed E-state index contributed by atoms with van der Waals surface area (Å²) < 4.78 is 0.999. The van der Waals surface area contributed by atoms with E-state index in [1.165, 1.54) is 25.7 Å². The largest absolute Gasteiger partial charge is 0.357 e. The summed E-state index contributed by atoms with van der Waals surface area (Å²) >= 11 is 5.36.